The molecule has 0 fully saturated rings. The van der Waals surface area contributed by atoms with Gasteiger partial charge in [0.15, 0.2) is 11.7 Å². The lowest BCUT2D eigenvalue weighted by molar-refractivity contribution is -0.156. The topological polar surface area (TPSA) is 74.6 Å². The highest BCUT2D eigenvalue weighted by Crippen LogP contribution is 2.36. The van der Waals surface area contributed by atoms with Crippen LogP contribution in [0.4, 0.5) is 0 Å². The van der Waals surface area contributed by atoms with Gasteiger partial charge in [-0.05, 0) is 47.7 Å². The number of hydrogen-bond acceptors (Lipinski definition) is 4. The molecule has 150 valence electrons. The van der Waals surface area contributed by atoms with E-state index in [1.54, 1.807) is 0 Å². The van der Waals surface area contributed by atoms with E-state index in [0.717, 1.165) is 21.2 Å². The molecule has 0 heterocycles. The van der Waals surface area contributed by atoms with E-state index < -0.39 is 19.4 Å². The van der Waals surface area contributed by atoms with Gasteiger partial charge >= 0.3 is 13.8 Å². The highest BCUT2D eigenvalue weighted by Gasteiger charge is 2.43. The number of aliphatic carboxylic acids is 1. The molecule has 3 aromatic rings. The first-order valence-electron chi connectivity index (χ1n) is 9.50. The van der Waals surface area contributed by atoms with Gasteiger partial charge in [0.1, 0.15) is 0 Å². The van der Waals surface area contributed by atoms with Crippen LogP contribution >= 0.6 is 19.6 Å². The van der Waals surface area contributed by atoms with Gasteiger partial charge in [-0.2, -0.15) is 0 Å². The average molecular weight is 427 g/mol. The molecule has 0 aliphatic rings. The summed E-state index contributed by atoms with van der Waals surface area (Å²) in [6, 6.07) is 23.8. The maximum atomic E-state index is 12.5. The highest BCUT2D eigenvalue weighted by atomic mass is 32.2. The van der Waals surface area contributed by atoms with Crippen LogP contribution in [0, 0.1) is 0 Å². The number of rotatable bonds is 10. The summed E-state index contributed by atoms with van der Waals surface area (Å²) in [6.07, 6.45) is 1.05. The maximum absolute atomic E-state index is 12.5. The minimum absolute atomic E-state index is 0.0823. The van der Waals surface area contributed by atoms with E-state index in [-0.39, 0.29) is 18.1 Å². The largest absolute Gasteiger partial charge is 0.479 e. The zero-order valence-electron chi connectivity index (χ0n) is 16.0. The van der Waals surface area contributed by atoms with E-state index in [1.165, 1.54) is 11.8 Å². The van der Waals surface area contributed by atoms with Crippen molar-refractivity contribution in [2.45, 2.75) is 29.8 Å². The molecule has 0 aliphatic heterocycles. The van der Waals surface area contributed by atoms with Gasteiger partial charge in [-0.1, -0.05) is 77.0 Å². The van der Waals surface area contributed by atoms with Crippen molar-refractivity contribution < 1.29 is 19.6 Å². The Balaban J connectivity index is 1.54. The van der Waals surface area contributed by atoms with Crippen molar-refractivity contribution in [2.24, 2.45) is 0 Å². The number of hydrogen-bond donors (Lipinski definition) is 2. The molecule has 0 radical (unpaired) electrons. The third-order valence-electron chi connectivity index (χ3n) is 4.83. The Hall–Kier alpha value is -2.20. The number of carboxylic acids is 1. The van der Waals surface area contributed by atoms with E-state index in [2.05, 4.69) is 0 Å². The van der Waals surface area contributed by atoms with Crippen molar-refractivity contribution in [3.05, 3.63) is 78.4 Å². The van der Waals surface area contributed by atoms with E-state index in [4.69, 9.17) is 0 Å². The number of fused-ring (bicyclic) bond motifs is 1. The molecule has 0 saturated heterocycles. The maximum Gasteiger partial charge on any atom is 0.353 e. The Bertz CT molecular complexity index is 992. The van der Waals surface area contributed by atoms with Crippen LogP contribution in [0.15, 0.2) is 77.7 Å². The number of thioether (sulfide) groups is 1. The van der Waals surface area contributed by atoms with Gasteiger partial charge < -0.3 is 10.2 Å². The number of aliphatic hydroxyl groups is 1. The summed E-state index contributed by atoms with van der Waals surface area (Å²) in [4.78, 5) is 12.6. The minimum atomic E-state index is -1.95. The Kier molecular flexibility index (Phi) is 7.43. The van der Waals surface area contributed by atoms with Crippen LogP contribution in [0.3, 0.4) is 0 Å². The minimum Gasteiger partial charge on any atom is -0.479 e. The molecule has 0 spiro atoms. The molecule has 2 unspecified atom stereocenters. The van der Waals surface area contributed by atoms with Crippen LogP contribution in [0.5, 0.6) is 0 Å². The van der Waals surface area contributed by atoms with Gasteiger partial charge in [0, 0.05) is 4.90 Å². The second-order valence-corrected chi connectivity index (χ2v) is 10.2. The molecule has 4 nitrogen and oxygen atoms in total. The summed E-state index contributed by atoms with van der Waals surface area (Å²) in [6.45, 7) is 0. The fourth-order valence-electron chi connectivity index (χ4n) is 3.22. The molecule has 0 aromatic heterocycles. The van der Waals surface area contributed by atoms with Gasteiger partial charge in [-0.25, -0.2) is 4.79 Å². The molecule has 29 heavy (non-hydrogen) atoms. The van der Waals surface area contributed by atoms with Gasteiger partial charge in [0.05, 0.1) is 0 Å². The van der Waals surface area contributed by atoms with E-state index in [0.29, 0.717) is 12.8 Å². The SMILES string of the molecule is O=C(O)C(O)(CCCc1ccccc1)C[P+](=O)CSc1ccc2ccccc2c1. The molecule has 0 aliphatic carbocycles. The number of aryl methyl sites for hydroxylation is 1. The molecule has 0 saturated carbocycles. The predicted molar refractivity (Wildman–Crippen MR) is 119 cm³/mol. The molecule has 6 heteroatoms. The third-order valence-corrected chi connectivity index (χ3v) is 7.96. The van der Waals surface area contributed by atoms with Crippen molar-refractivity contribution in [1.82, 2.24) is 0 Å². The standard InChI is InChI=1S/C23H23O4PS/c24-22(25)23(26,14-6-9-18-7-2-1-3-8-18)16-28(27)17-29-21-13-12-19-10-4-5-11-20(19)15-21/h1-5,7-8,10-13,15,26H,6,9,14,16-17H2/p+1. The summed E-state index contributed by atoms with van der Waals surface area (Å²) in [5.41, 5.74) is -0.579. The summed E-state index contributed by atoms with van der Waals surface area (Å²) in [5, 5.41) is 22.3. The zero-order chi connectivity index (χ0) is 20.7. The third kappa shape index (κ3) is 6.14. The van der Waals surface area contributed by atoms with Crippen LogP contribution in [0.2, 0.25) is 0 Å². The fourth-order valence-corrected chi connectivity index (χ4v) is 6.01. The molecule has 3 aromatic carbocycles. The van der Waals surface area contributed by atoms with E-state index in [9.17, 15) is 19.6 Å². The van der Waals surface area contributed by atoms with Crippen LogP contribution in [-0.4, -0.2) is 33.4 Å². The monoisotopic (exact) mass is 427 g/mol. The summed E-state index contributed by atoms with van der Waals surface area (Å²) in [5.74, 6) is -1.30. The Morgan fingerprint density at radius 3 is 2.38 bits per heavy atom. The predicted octanol–water partition coefficient (Wildman–Crippen LogP) is 5.56. The van der Waals surface area contributed by atoms with Crippen molar-refractivity contribution in [1.29, 1.82) is 0 Å². The van der Waals surface area contributed by atoms with Gasteiger partial charge in [0.2, 0.25) is 5.60 Å². The fraction of sp³-hybridized carbons (Fsp3) is 0.261. The second kappa shape index (κ2) is 10.0. The summed E-state index contributed by atoms with van der Waals surface area (Å²) >= 11 is 1.43. The van der Waals surface area contributed by atoms with Gasteiger partial charge in [-0.3, -0.25) is 0 Å². The highest BCUT2D eigenvalue weighted by molar-refractivity contribution is 8.03. The Morgan fingerprint density at radius 1 is 0.966 bits per heavy atom. The molecule has 3 rings (SSSR count). The molecular weight excluding hydrogens is 403 g/mol. The molecule has 2 N–H and O–H groups in total. The van der Waals surface area contributed by atoms with Crippen LogP contribution in [-0.2, 0) is 15.8 Å². The van der Waals surface area contributed by atoms with Crippen molar-refractivity contribution >= 4 is 36.3 Å². The van der Waals surface area contributed by atoms with Crippen molar-refractivity contribution in [2.75, 3.05) is 11.7 Å². The lowest BCUT2D eigenvalue weighted by atomic mass is 9.97. The number of carboxylic acid groups (broad SMARTS) is 1. The molecule has 0 bridgehead atoms. The Labute approximate surface area is 175 Å². The smallest absolute Gasteiger partial charge is 0.353 e. The molecular formula is C23H24O4PS+. The summed E-state index contributed by atoms with van der Waals surface area (Å²) in [7, 11) is -1.86. The summed E-state index contributed by atoms with van der Waals surface area (Å²) < 4.78 is 12.5. The van der Waals surface area contributed by atoms with E-state index in [1.807, 2.05) is 72.8 Å². The first kappa shape index (κ1) is 21.5. The van der Waals surface area contributed by atoms with Crippen LogP contribution < -0.4 is 0 Å². The number of benzene rings is 3. The Morgan fingerprint density at radius 2 is 1.66 bits per heavy atom. The lowest BCUT2D eigenvalue weighted by Crippen LogP contribution is -2.41. The second-order valence-electron chi connectivity index (χ2n) is 7.10. The molecule has 2 atom stereocenters. The molecule has 0 amide bonds. The van der Waals surface area contributed by atoms with Gasteiger partial charge in [-0.15, -0.1) is 0 Å². The van der Waals surface area contributed by atoms with Gasteiger partial charge in [0.25, 0.3) is 0 Å². The quantitative estimate of drug-likeness (QED) is 0.328. The van der Waals surface area contributed by atoms with Crippen LogP contribution in [0.1, 0.15) is 18.4 Å². The van der Waals surface area contributed by atoms with E-state index >= 15 is 0 Å². The first-order valence-corrected chi connectivity index (χ1v) is 12.1. The first-order chi connectivity index (χ1) is 14.0. The van der Waals surface area contributed by atoms with Crippen molar-refractivity contribution in [3.63, 3.8) is 0 Å². The lowest BCUT2D eigenvalue weighted by Gasteiger charge is -2.18. The zero-order valence-corrected chi connectivity index (χ0v) is 17.7. The normalized spacial score (nSPS) is 13.8. The number of carbonyl (C=O) groups is 1. The van der Waals surface area contributed by atoms with Crippen molar-refractivity contribution in [3.8, 4) is 0 Å². The van der Waals surface area contributed by atoms with Crippen LogP contribution in [0.25, 0.3) is 10.8 Å². The average Bonchev–Trinajstić information content (AvgIpc) is 2.73.